The summed E-state index contributed by atoms with van der Waals surface area (Å²) >= 11 is 1.33. The summed E-state index contributed by atoms with van der Waals surface area (Å²) in [6.07, 6.45) is 0. The molecule has 4 aromatic rings. The summed E-state index contributed by atoms with van der Waals surface area (Å²) in [6, 6.07) is 11.5. The Hall–Kier alpha value is -3.73. The summed E-state index contributed by atoms with van der Waals surface area (Å²) in [5.74, 6) is 1.97. The average Bonchev–Trinajstić information content (AvgIpc) is 3.39. The van der Waals surface area contributed by atoms with Crippen molar-refractivity contribution in [1.29, 1.82) is 0 Å². The number of rotatable bonds is 7. The smallest absolute Gasteiger partial charge is 0.234 e. The Labute approximate surface area is 195 Å². The molecule has 11 heteroatoms. The van der Waals surface area contributed by atoms with E-state index in [2.05, 4.69) is 49.2 Å². The number of carbonyl (C=O) groups is 1. The predicted molar refractivity (Wildman–Crippen MR) is 125 cm³/mol. The molecule has 0 saturated carbocycles. The molecule has 0 bridgehead atoms. The highest BCUT2D eigenvalue weighted by atomic mass is 32.2. The summed E-state index contributed by atoms with van der Waals surface area (Å²) in [6.45, 7) is 7.78. The molecule has 0 unspecified atom stereocenters. The molecule has 2 aromatic carbocycles. The zero-order valence-electron chi connectivity index (χ0n) is 19.0. The Kier molecular flexibility index (Phi) is 6.40. The van der Waals surface area contributed by atoms with Crippen molar-refractivity contribution in [1.82, 2.24) is 35.0 Å². The lowest BCUT2D eigenvalue weighted by Crippen LogP contribution is -2.15. The third-order valence-electron chi connectivity index (χ3n) is 5.05. The van der Waals surface area contributed by atoms with Gasteiger partial charge in [0.15, 0.2) is 11.0 Å². The number of nitrogens with one attached hydrogen (secondary N) is 1. The molecule has 0 fully saturated rings. The van der Waals surface area contributed by atoms with E-state index in [0.29, 0.717) is 28.1 Å². The van der Waals surface area contributed by atoms with Crippen LogP contribution < -0.4 is 10.1 Å². The van der Waals surface area contributed by atoms with Crippen LogP contribution in [0.4, 0.5) is 5.69 Å². The Morgan fingerprint density at radius 1 is 1.00 bits per heavy atom. The topological polar surface area (TPSA) is 113 Å². The van der Waals surface area contributed by atoms with E-state index in [-0.39, 0.29) is 11.7 Å². The lowest BCUT2D eigenvalue weighted by atomic mass is 10.1. The molecule has 0 aliphatic heterocycles. The Balaban J connectivity index is 1.50. The largest absolute Gasteiger partial charge is 0.494 e. The molecule has 33 heavy (non-hydrogen) atoms. The molecule has 10 nitrogen and oxygen atoms in total. The van der Waals surface area contributed by atoms with Crippen LogP contribution in [0.15, 0.2) is 41.6 Å². The molecule has 1 amide bonds. The third-order valence-corrected chi connectivity index (χ3v) is 5.98. The average molecular weight is 465 g/mol. The monoisotopic (exact) mass is 464 g/mol. The van der Waals surface area contributed by atoms with Crippen LogP contribution >= 0.6 is 11.8 Å². The van der Waals surface area contributed by atoms with Crippen molar-refractivity contribution in [2.75, 3.05) is 18.2 Å². The van der Waals surface area contributed by atoms with Crippen molar-refractivity contribution in [2.45, 2.75) is 32.9 Å². The molecule has 170 valence electrons. The number of carbonyl (C=O) groups excluding carboxylic acids is 1. The summed E-state index contributed by atoms with van der Waals surface area (Å²) in [5, 5.41) is 23.6. The number of benzene rings is 2. The van der Waals surface area contributed by atoms with E-state index >= 15 is 0 Å². The molecule has 0 aliphatic carbocycles. The lowest BCUT2D eigenvalue weighted by molar-refractivity contribution is -0.113. The lowest BCUT2D eigenvalue weighted by Gasteiger charge is -2.13. The molecule has 2 aromatic heterocycles. The highest BCUT2D eigenvalue weighted by Crippen LogP contribution is 2.28. The zero-order chi connectivity index (χ0) is 23.5. The molecule has 0 atom stereocenters. The molecule has 0 spiro atoms. The minimum absolute atomic E-state index is 0.169. The van der Waals surface area contributed by atoms with E-state index in [1.54, 1.807) is 36.9 Å². The van der Waals surface area contributed by atoms with Gasteiger partial charge in [-0.3, -0.25) is 9.36 Å². The van der Waals surface area contributed by atoms with Gasteiger partial charge in [0.05, 0.1) is 18.6 Å². The van der Waals surface area contributed by atoms with Gasteiger partial charge in [0, 0.05) is 5.69 Å². The Bertz CT molecular complexity index is 1310. The van der Waals surface area contributed by atoms with Crippen LogP contribution in [-0.2, 0) is 4.79 Å². The van der Waals surface area contributed by atoms with Gasteiger partial charge in [0.25, 0.3) is 0 Å². The first-order chi connectivity index (χ1) is 15.9. The second-order valence-electron chi connectivity index (χ2n) is 7.52. The second-order valence-corrected chi connectivity index (χ2v) is 8.46. The van der Waals surface area contributed by atoms with Gasteiger partial charge in [-0.25, -0.2) is 0 Å². The summed E-state index contributed by atoms with van der Waals surface area (Å²) in [4.78, 5) is 12.7. The van der Waals surface area contributed by atoms with Crippen molar-refractivity contribution in [3.63, 3.8) is 0 Å². The number of thioether (sulfide) groups is 1. The Morgan fingerprint density at radius 2 is 1.82 bits per heavy atom. The first kappa shape index (κ1) is 22.5. The van der Waals surface area contributed by atoms with Crippen molar-refractivity contribution in [2.24, 2.45) is 0 Å². The van der Waals surface area contributed by atoms with Gasteiger partial charge in [-0.1, -0.05) is 23.9 Å². The summed E-state index contributed by atoms with van der Waals surface area (Å²) in [5.41, 5.74) is 4.51. The number of anilines is 1. The van der Waals surface area contributed by atoms with Gasteiger partial charge in [0.2, 0.25) is 5.91 Å². The van der Waals surface area contributed by atoms with Gasteiger partial charge in [-0.05, 0) is 73.5 Å². The van der Waals surface area contributed by atoms with Crippen molar-refractivity contribution in [3.05, 3.63) is 59.2 Å². The zero-order valence-corrected chi connectivity index (χ0v) is 19.8. The third kappa shape index (κ3) is 4.72. The summed E-state index contributed by atoms with van der Waals surface area (Å²) < 4.78 is 8.95. The molecular weight excluding hydrogens is 440 g/mol. The molecule has 0 aliphatic rings. The number of hydrogen-bond acceptors (Lipinski definition) is 8. The maximum atomic E-state index is 12.7. The van der Waals surface area contributed by atoms with Crippen LogP contribution in [0.2, 0.25) is 0 Å². The number of tetrazole rings is 1. The standard InChI is InChI=1S/C22H24N8O2S/c1-13-6-7-14(2)18(10-13)29-15(3)24-26-22(29)33-12-21(31)23-17-8-9-20(32-5)19(11-17)30-16(4)25-27-28-30/h6-11H,12H2,1-5H3,(H,23,31). The number of aryl methyl sites for hydroxylation is 4. The van der Waals surface area contributed by atoms with Gasteiger partial charge in [0.1, 0.15) is 17.3 Å². The number of amides is 1. The number of methoxy groups -OCH3 is 1. The van der Waals surface area contributed by atoms with E-state index in [0.717, 1.165) is 22.6 Å². The Morgan fingerprint density at radius 3 is 2.55 bits per heavy atom. The van der Waals surface area contributed by atoms with E-state index in [1.807, 2.05) is 25.3 Å². The van der Waals surface area contributed by atoms with Crippen molar-refractivity contribution < 1.29 is 9.53 Å². The van der Waals surface area contributed by atoms with Gasteiger partial charge in [-0.2, -0.15) is 4.68 Å². The summed E-state index contributed by atoms with van der Waals surface area (Å²) in [7, 11) is 1.57. The fourth-order valence-corrected chi connectivity index (χ4v) is 4.18. The van der Waals surface area contributed by atoms with Gasteiger partial charge in [-0.15, -0.1) is 15.3 Å². The maximum absolute atomic E-state index is 12.7. The number of aromatic nitrogens is 7. The van der Waals surface area contributed by atoms with E-state index in [1.165, 1.54) is 11.8 Å². The van der Waals surface area contributed by atoms with Crippen LogP contribution in [-0.4, -0.2) is 53.7 Å². The van der Waals surface area contributed by atoms with E-state index in [9.17, 15) is 4.79 Å². The first-order valence-electron chi connectivity index (χ1n) is 10.2. The maximum Gasteiger partial charge on any atom is 0.234 e. The van der Waals surface area contributed by atoms with Crippen LogP contribution in [0.1, 0.15) is 22.8 Å². The van der Waals surface area contributed by atoms with Crippen LogP contribution in [0, 0.1) is 27.7 Å². The molecule has 0 radical (unpaired) electrons. The minimum Gasteiger partial charge on any atom is -0.494 e. The van der Waals surface area contributed by atoms with Crippen molar-refractivity contribution >= 4 is 23.4 Å². The highest BCUT2D eigenvalue weighted by molar-refractivity contribution is 7.99. The SMILES string of the molecule is COc1ccc(NC(=O)CSc2nnc(C)n2-c2cc(C)ccc2C)cc1-n1nnnc1C. The van der Waals surface area contributed by atoms with E-state index < -0.39 is 0 Å². The molecule has 0 saturated heterocycles. The minimum atomic E-state index is -0.169. The molecular formula is C22H24N8O2S. The van der Waals surface area contributed by atoms with Crippen LogP contribution in [0.5, 0.6) is 5.75 Å². The number of hydrogen-bond donors (Lipinski definition) is 1. The first-order valence-corrected chi connectivity index (χ1v) is 11.2. The predicted octanol–water partition coefficient (Wildman–Crippen LogP) is 3.22. The quantitative estimate of drug-likeness (QED) is 0.415. The number of nitrogens with zero attached hydrogens (tertiary/aromatic N) is 7. The van der Waals surface area contributed by atoms with Crippen LogP contribution in [0.3, 0.4) is 0 Å². The van der Waals surface area contributed by atoms with Crippen LogP contribution in [0.25, 0.3) is 11.4 Å². The van der Waals surface area contributed by atoms with Crippen molar-refractivity contribution in [3.8, 4) is 17.1 Å². The fraction of sp³-hybridized carbons (Fsp3) is 0.273. The van der Waals surface area contributed by atoms with Gasteiger partial charge < -0.3 is 10.1 Å². The number of ether oxygens (including phenoxy) is 1. The van der Waals surface area contributed by atoms with E-state index in [4.69, 9.17) is 4.74 Å². The fourth-order valence-electron chi connectivity index (χ4n) is 3.39. The molecule has 4 rings (SSSR count). The molecule has 2 heterocycles. The second kappa shape index (κ2) is 9.41. The molecule has 1 N–H and O–H groups in total. The highest BCUT2D eigenvalue weighted by Gasteiger charge is 2.16. The normalized spacial score (nSPS) is 10.9. The van der Waals surface area contributed by atoms with Gasteiger partial charge >= 0.3 is 0 Å².